The van der Waals surface area contributed by atoms with Crippen molar-refractivity contribution in [2.24, 2.45) is 5.92 Å². The van der Waals surface area contributed by atoms with Crippen molar-refractivity contribution in [3.8, 4) is 11.8 Å². The number of ether oxygens (including phenoxy) is 1. The largest absolute Gasteiger partial charge is 0.368 e. The van der Waals surface area contributed by atoms with E-state index in [1.165, 1.54) is 11.3 Å². The average Bonchev–Trinajstić information content (AvgIpc) is 3.23. The molecule has 2 aromatic heterocycles. The number of hydrogen-bond acceptors (Lipinski definition) is 5. The lowest BCUT2D eigenvalue weighted by Crippen LogP contribution is -2.59. The molecule has 0 spiro atoms. The SMILES string of the molecule is CO[C@]1(C#CC(O)(c2ccccn2)c2cccs2)CN2CCC1CC2. The van der Waals surface area contributed by atoms with Crippen molar-refractivity contribution in [3.63, 3.8) is 0 Å². The molecule has 130 valence electrons. The summed E-state index contributed by atoms with van der Waals surface area (Å²) in [7, 11) is 1.74. The van der Waals surface area contributed by atoms with Crippen molar-refractivity contribution in [1.29, 1.82) is 0 Å². The molecule has 5 heteroatoms. The normalized spacial score (nSPS) is 30.3. The van der Waals surface area contributed by atoms with Crippen molar-refractivity contribution in [2.45, 2.75) is 24.0 Å². The molecular formula is C20H22N2O2S. The van der Waals surface area contributed by atoms with Crippen LogP contribution in [0.5, 0.6) is 0 Å². The van der Waals surface area contributed by atoms with Gasteiger partial charge in [-0.15, -0.1) is 11.3 Å². The Balaban J connectivity index is 1.77. The number of rotatable bonds is 3. The summed E-state index contributed by atoms with van der Waals surface area (Å²) in [5.74, 6) is 6.93. The fourth-order valence-corrected chi connectivity index (χ4v) is 4.74. The molecule has 4 nitrogen and oxygen atoms in total. The van der Waals surface area contributed by atoms with Crippen LogP contribution < -0.4 is 0 Å². The van der Waals surface area contributed by atoms with Crippen LogP contribution in [0.1, 0.15) is 23.4 Å². The Morgan fingerprint density at radius 3 is 2.72 bits per heavy atom. The Bertz CT molecular complexity index is 775. The van der Waals surface area contributed by atoms with Crippen LogP contribution in [-0.2, 0) is 10.3 Å². The minimum Gasteiger partial charge on any atom is -0.368 e. The minimum absolute atomic E-state index is 0.423. The summed E-state index contributed by atoms with van der Waals surface area (Å²) in [6, 6.07) is 9.38. The number of methoxy groups -OCH3 is 1. The second-order valence-corrected chi connectivity index (χ2v) is 7.74. The highest BCUT2D eigenvalue weighted by Gasteiger charge is 2.46. The van der Waals surface area contributed by atoms with Gasteiger partial charge in [0.05, 0.1) is 10.6 Å². The molecule has 2 bridgehead atoms. The molecule has 0 radical (unpaired) electrons. The minimum atomic E-state index is -1.41. The van der Waals surface area contributed by atoms with E-state index in [4.69, 9.17) is 4.74 Å². The molecule has 3 fully saturated rings. The number of piperidine rings is 3. The van der Waals surface area contributed by atoms with Gasteiger partial charge in [0, 0.05) is 25.8 Å². The summed E-state index contributed by atoms with van der Waals surface area (Å²) < 4.78 is 5.92. The van der Waals surface area contributed by atoms with E-state index in [1.807, 2.05) is 35.7 Å². The molecular weight excluding hydrogens is 332 g/mol. The van der Waals surface area contributed by atoms with Gasteiger partial charge in [-0.1, -0.05) is 24.0 Å². The zero-order chi connectivity index (χ0) is 17.3. The topological polar surface area (TPSA) is 45.6 Å². The standard InChI is InChI=1S/C20H22N2O2S/c1-24-19(15-22-12-7-16(19)8-13-22)9-10-20(23,18-6-4-14-25-18)17-5-2-3-11-21-17/h2-6,11,14,16,23H,7-8,12-13,15H2,1H3/t19-,20?/m1/s1. The number of thiophene rings is 1. The summed E-state index contributed by atoms with van der Waals surface area (Å²) in [6.45, 7) is 3.05. The second-order valence-electron chi connectivity index (χ2n) is 6.80. The van der Waals surface area contributed by atoms with E-state index in [0.717, 1.165) is 37.4 Å². The van der Waals surface area contributed by atoms with Gasteiger partial charge >= 0.3 is 0 Å². The lowest BCUT2D eigenvalue weighted by atomic mass is 9.75. The third-order valence-corrected chi connectivity index (χ3v) is 6.42. The van der Waals surface area contributed by atoms with E-state index in [9.17, 15) is 5.11 Å². The van der Waals surface area contributed by atoms with Crippen LogP contribution in [-0.4, -0.2) is 47.3 Å². The monoisotopic (exact) mass is 354 g/mol. The van der Waals surface area contributed by atoms with Crippen LogP contribution in [0.2, 0.25) is 0 Å². The summed E-state index contributed by atoms with van der Waals surface area (Å²) in [4.78, 5) is 7.56. The third-order valence-electron chi connectivity index (χ3n) is 5.44. The summed E-state index contributed by atoms with van der Waals surface area (Å²) in [5.41, 5.74) is -1.36. The predicted molar refractivity (Wildman–Crippen MR) is 98.2 cm³/mol. The maximum Gasteiger partial charge on any atom is 0.203 e. The first-order chi connectivity index (χ1) is 12.2. The molecule has 1 N–H and O–H groups in total. The van der Waals surface area contributed by atoms with Gasteiger partial charge < -0.3 is 9.84 Å². The number of aliphatic hydroxyl groups is 1. The fraction of sp³-hybridized carbons (Fsp3) is 0.450. The molecule has 1 unspecified atom stereocenters. The van der Waals surface area contributed by atoms with E-state index in [0.29, 0.717) is 11.6 Å². The van der Waals surface area contributed by atoms with E-state index >= 15 is 0 Å². The van der Waals surface area contributed by atoms with E-state index in [2.05, 4.69) is 21.7 Å². The lowest BCUT2D eigenvalue weighted by molar-refractivity contribution is -0.0964. The molecule has 5 rings (SSSR count). The molecule has 3 saturated heterocycles. The Morgan fingerprint density at radius 2 is 2.16 bits per heavy atom. The highest BCUT2D eigenvalue weighted by atomic mass is 32.1. The molecule has 0 amide bonds. The second kappa shape index (κ2) is 6.54. The molecule has 0 aliphatic carbocycles. The van der Waals surface area contributed by atoms with Crippen molar-refractivity contribution in [2.75, 3.05) is 26.7 Å². The molecule has 5 heterocycles. The van der Waals surface area contributed by atoms with Gasteiger partial charge in [0.1, 0.15) is 5.60 Å². The average molecular weight is 354 g/mol. The molecule has 3 aliphatic rings. The summed E-state index contributed by atoms with van der Waals surface area (Å²) in [5, 5.41) is 13.4. The highest BCUT2D eigenvalue weighted by molar-refractivity contribution is 7.10. The van der Waals surface area contributed by atoms with Crippen LogP contribution in [0.25, 0.3) is 0 Å². The van der Waals surface area contributed by atoms with Crippen LogP contribution in [0, 0.1) is 17.8 Å². The maximum absolute atomic E-state index is 11.5. The molecule has 0 aromatic carbocycles. The van der Waals surface area contributed by atoms with Gasteiger partial charge in [-0.2, -0.15) is 0 Å². The van der Waals surface area contributed by atoms with Crippen molar-refractivity contribution >= 4 is 11.3 Å². The van der Waals surface area contributed by atoms with Crippen LogP contribution in [0.15, 0.2) is 41.9 Å². The van der Waals surface area contributed by atoms with Crippen LogP contribution in [0.4, 0.5) is 0 Å². The van der Waals surface area contributed by atoms with Crippen molar-refractivity contribution in [1.82, 2.24) is 9.88 Å². The Morgan fingerprint density at radius 1 is 1.32 bits per heavy atom. The Kier molecular flexibility index (Phi) is 4.38. The van der Waals surface area contributed by atoms with Gasteiger partial charge in [0.2, 0.25) is 5.60 Å². The Hall–Kier alpha value is -1.71. The Labute approximate surface area is 152 Å². The highest BCUT2D eigenvalue weighted by Crippen LogP contribution is 2.38. The van der Waals surface area contributed by atoms with Crippen molar-refractivity contribution < 1.29 is 9.84 Å². The van der Waals surface area contributed by atoms with E-state index < -0.39 is 11.2 Å². The number of hydrogen-bond donors (Lipinski definition) is 1. The zero-order valence-electron chi connectivity index (χ0n) is 14.3. The summed E-state index contributed by atoms with van der Waals surface area (Å²) in [6.07, 6.45) is 3.89. The first kappa shape index (κ1) is 16.7. The number of pyridine rings is 1. The number of nitrogens with zero attached hydrogens (tertiary/aromatic N) is 2. The van der Waals surface area contributed by atoms with E-state index in [-0.39, 0.29) is 0 Å². The van der Waals surface area contributed by atoms with Crippen LogP contribution >= 0.6 is 11.3 Å². The first-order valence-corrected chi connectivity index (χ1v) is 9.54. The number of fused-ring (bicyclic) bond motifs is 3. The quantitative estimate of drug-likeness (QED) is 0.861. The number of aromatic nitrogens is 1. The van der Waals surface area contributed by atoms with Crippen molar-refractivity contribution in [3.05, 3.63) is 52.5 Å². The zero-order valence-corrected chi connectivity index (χ0v) is 15.1. The molecule has 25 heavy (non-hydrogen) atoms. The smallest absolute Gasteiger partial charge is 0.203 e. The maximum atomic E-state index is 11.5. The molecule has 2 aromatic rings. The van der Waals surface area contributed by atoms with Gasteiger partial charge in [-0.25, -0.2) is 0 Å². The first-order valence-electron chi connectivity index (χ1n) is 8.66. The summed E-state index contributed by atoms with van der Waals surface area (Å²) >= 11 is 1.49. The molecule has 0 saturated carbocycles. The predicted octanol–water partition coefficient (Wildman–Crippen LogP) is 2.49. The van der Waals surface area contributed by atoms with Gasteiger partial charge in [-0.05, 0) is 49.5 Å². The molecule has 3 aliphatic heterocycles. The van der Waals surface area contributed by atoms with Gasteiger partial charge in [0.25, 0.3) is 0 Å². The fourth-order valence-electron chi connectivity index (χ4n) is 3.95. The lowest BCUT2D eigenvalue weighted by Gasteiger charge is -2.49. The molecule has 2 atom stereocenters. The van der Waals surface area contributed by atoms with E-state index in [1.54, 1.807) is 13.3 Å². The third kappa shape index (κ3) is 2.90. The van der Waals surface area contributed by atoms with Crippen LogP contribution in [0.3, 0.4) is 0 Å². The van der Waals surface area contributed by atoms with Gasteiger partial charge in [-0.3, -0.25) is 9.88 Å². The van der Waals surface area contributed by atoms with Gasteiger partial charge in [0.15, 0.2) is 0 Å².